The van der Waals surface area contributed by atoms with Crippen molar-refractivity contribution >= 4 is 61.9 Å². The number of aliphatic imine (C=N–C) groups is 1. The number of nitro groups is 1. The fourth-order valence-corrected chi connectivity index (χ4v) is 5.53. The summed E-state index contributed by atoms with van der Waals surface area (Å²) < 4.78 is 12.2. The third-order valence-electron chi connectivity index (χ3n) is 5.88. The molecule has 5 rings (SSSR count). The fraction of sp³-hybridized carbons (Fsp3) is 0.0667. The van der Waals surface area contributed by atoms with E-state index >= 15 is 0 Å². The van der Waals surface area contributed by atoms with Crippen LogP contribution in [0.4, 0.5) is 17.1 Å². The largest absolute Gasteiger partial charge is 0.493 e. The smallest absolute Gasteiger partial charge is 0.271 e. The van der Waals surface area contributed by atoms with Gasteiger partial charge < -0.3 is 9.47 Å². The minimum absolute atomic E-state index is 0.0158. The lowest BCUT2D eigenvalue weighted by Gasteiger charge is -2.15. The Labute approximate surface area is 243 Å². The van der Waals surface area contributed by atoms with Crippen LogP contribution < -0.4 is 14.4 Å². The van der Waals surface area contributed by atoms with Gasteiger partial charge in [0.15, 0.2) is 16.7 Å². The molecular formula is C30H22BrN3O5S. The van der Waals surface area contributed by atoms with Crippen molar-refractivity contribution in [1.29, 1.82) is 0 Å². The summed E-state index contributed by atoms with van der Waals surface area (Å²) in [6.07, 6.45) is 1.80. The Bertz CT molecular complexity index is 1610. The van der Waals surface area contributed by atoms with E-state index in [1.54, 1.807) is 29.2 Å². The van der Waals surface area contributed by atoms with Crippen LogP contribution in [-0.2, 0) is 11.4 Å². The summed E-state index contributed by atoms with van der Waals surface area (Å²) in [5.74, 6) is 0.766. The Balaban J connectivity index is 1.43. The molecule has 0 atom stereocenters. The lowest BCUT2D eigenvalue weighted by atomic mass is 10.1. The van der Waals surface area contributed by atoms with Crippen LogP contribution in [0.15, 0.2) is 111 Å². The summed E-state index contributed by atoms with van der Waals surface area (Å²) in [6.45, 7) is 0.188. The van der Waals surface area contributed by atoms with Crippen molar-refractivity contribution in [2.24, 2.45) is 4.99 Å². The molecule has 0 bridgehead atoms. The van der Waals surface area contributed by atoms with E-state index in [0.717, 1.165) is 22.5 Å². The molecule has 8 nitrogen and oxygen atoms in total. The van der Waals surface area contributed by atoms with Gasteiger partial charge in [-0.3, -0.25) is 19.8 Å². The molecule has 1 aliphatic heterocycles. The number of benzene rings is 4. The van der Waals surface area contributed by atoms with Crippen molar-refractivity contribution < 1.29 is 19.2 Å². The standard InChI is InChI=1S/C30H22BrN3O5S/c1-38-26-17-21(16-25(31)28(26)39-19-20-12-14-24(15-13-20)34(36)37)18-27-29(35)33(23-10-6-3-7-11-23)30(40-27)32-22-8-4-2-5-9-22/h2-18H,19H2,1H3/b27-18-,32-30?. The average molecular weight is 616 g/mol. The molecule has 1 heterocycles. The molecule has 4 aromatic rings. The van der Waals surface area contributed by atoms with Gasteiger partial charge in [-0.1, -0.05) is 36.4 Å². The monoisotopic (exact) mass is 615 g/mol. The van der Waals surface area contributed by atoms with Crippen LogP contribution >= 0.6 is 27.7 Å². The number of non-ortho nitro benzene ring substituents is 1. The summed E-state index contributed by atoms with van der Waals surface area (Å²) in [7, 11) is 1.54. The Kier molecular flexibility index (Phi) is 8.28. The average Bonchev–Trinajstić information content (AvgIpc) is 3.27. The first-order valence-electron chi connectivity index (χ1n) is 12.1. The van der Waals surface area contributed by atoms with Gasteiger partial charge in [0.25, 0.3) is 11.6 Å². The Morgan fingerprint density at radius 2 is 1.68 bits per heavy atom. The van der Waals surface area contributed by atoms with Crippen LogP contribution in [-0.4, -0.2) is 23.1 Å². The minimum atomic E-state index is -0.444. The molecule has 10 heteroatoms. The van der Waals surface area contributed by atoms with Crippen molar-refractivity contribution in [2.45, 2.75) is 6.61 Å². The second-order valence-corrected chi connectivity index (χ2v) is 10.4. The second kappa shape index (κ2) is 12.2. The summed E-state index contributed by atoms with van der Waals surface area (Å²) in [6, 6.07) is 28.7. The molecule has 0 unspecified atom stereocenters. The third kappa shape index (κ3) is 6.08. The summed E-state index contributed by atoms with van der Waals surface area (Å²) in [5, 5.41) is 11.5. The molecule has 1 amide bonds. The highest BCUT2D eigenvalue weighted by Gasteiger charge is 2.34. The van der Waals surface area contributed by atoms with E-state index in [4.69, 9.17) is 14.5 Å². The van der Waals surface area contributed by atoms with Gasteiger partial charge in [0.2, 0.25) is 0 Å². The minimum Gasteiger partial charge on any atom is -0.493 e. The zero-order valence-electron chi connectivity index (χ0n) is 21.2. The molecule has 200 valence electrons. The maximum Gasteiger partial charge on any atom is 0.271 e. The topological polar surface area (TPSA) is 94.3 Å². The summed E-state index contributed by atoms with van der Waals surface area (Å²) in [5.41, 5.74) is 2.99. The molecule has 1 fully saturated rings. The second-order valence-electron chi connectivity index (χ2n) is 8.56. The van der Waals surface area contributed by atoms with E-state index in [2.05, 4.69) is 15.9 Å². The van der Waals surface area contributed by atoms with Crippen LogP contribution in [0, 0.1) is 10.1 Å². The number of amides is 1. The Morgan fingerprint density at radius 1 is 1.00 bits per heavy atom. The fourth-order valence-electron chi connectivity index (χ4n) is 3.95. The molecule has 0 spiro atoms. The number of nitrogens with zero attached hydrogens (tertiary/aromatic N) is 3. The van der Waals surface area contributed by atoms with E-state index in [0.29, 0.717) is 26.0 Å². The summed E-state index contributed by atoms with van der Waals surface area (Å²) in [4.78, 5) is 30.9. The number of ether oxygens (including phenoxy) is 2. The van der Waals surface area contributed by atoms with Gasteiger partial charge in [0, 0.05) is 12.1 Å². The number of methoxy groups -OCH3 is 1. The number of carbonyl (C=O) groups is 1. The normalized spacial score (nSPS) is 15.1. The molecule has 1 saturated heterocycles. The van der Waals surface area contributed by atoms with Crippen molar-refractivity contribution in [3.8, 4) is 11.5 Å². The molecule has 0 aliphatic carbocycles. The number of amidine groups is 1. The molecule has 0 saturated carbocycles. The molecule has 1 aliphatic rings. The van der Waals surface area contributed by atoms with E-state index < -0.39 is 4.92 Å². The third-order valence-corrected chi connectivity index (χ3v) is 7.44. The van der Waals surface area contributed by atoms with E-state index in [1.165, 1.54) is 31.0 Å². The first kappa shape index (κ1) is 27.2. The Morgan fingerprint density at radius 3 is 2.33 bits per heavy atom. The maximum absolute atomic E-state index is 13.6. The highest BCUT2D eigenvalue weighted by atomic mass is 79.9. The number of rotatable bonds is 8. The van der Waals surface area contributed by atoms with Crippen LogP contribution in [0.25, 0.3) is 6.08 Å². The SMILES string of the molecule is COc1cc(/C=C2\SC(=Nc3ccccc3)N(c3ccccc3)C2=O)cc(Br)c1OCc1ccc([N+](=O)[O-])cc1. The van der Waals surface area contributed by atoms with E-state index in [9.17, 15) is 14.9 Å². The summed E-state index contributed by atoms with van der Waals surface area (Å²) >= 11 is 4.86. The first-order valence-corrected chi connectivity index (χ1v) is 13.7. The lowest BCUT2D eigenvalue weighted by molar-refractivity contribution is -0.384. The quantitative estimate of drug-likeness (QED) is 0.114. The number of anilines is 1. The van der Waals surface area contributed by atoms with Gasteiger partial charge in [-0.15, -0.1) is 0 Å². The lowest BCUT2D eigenvalue weighted by Crippen LogP contribution is -2.28. The molecule has 0 N–H and O–H groups in total. The van der Waals surface area contributed by atoms with Gasteiger partial charge in [-0.05, 0) is 93.4 Å². The van der Waals surface area contributed by atoms with Crippen molar-refractivity contribution in [2.75, 3.05) is 12.0 Å². The van der Waals surface area contributed by atoms with Gasteiger partial charge >= 0.3 is 0 Å². The van der Waals surface area contributed by atoms with Crippen LogP contribution in [0.1, 0.15) is 11.1 Å². The van der Waals surface area contributed by atoms with Gasteiger partial charge in [-0.2, -0.15) is 0 Å². The zero-order valence-corrected chi connectivity index (χ0v) is 23.6. The van der Waals surface area contributed by atoms with Crippen molar-refractivity contribution in [1.82, 2.24) is 0 Å². The molecular weight excluding hydrogens is 594 g/mol. The van der Waals surface area contributed by atoms with Gasteiger partial charge in [0.05, 0.1) is 32.8 Å². The first-order chi connectivity index (χ1) is 19.4. The number of thioether (sulfide) groups is 1. The van der Waals surface area contributed by atoms with Crippen LogP contribution in [0.5, 0.6) is 11.5 Å². The van der Waals surface area contributed by atoms with Crippen molar-refractivity contribution in [3.05, 3.63) is 128 Å². The van der Waals surface area contributed by atoms with Gasteiger partial charge in [-0.25, -0.2) is 4.99 Å². The van der Waals surface area contributed by atoms with Crippen LogP contribution in [0.2, 0.25) is 0 Å². The predicted octanol–water partition coefficient (Wildman–Crippen LogP) is 7.75. The van der Waals surface area contributed by atoms with E-state index in [1.807, 2.05) is 66.7 Å². The predicted molar refractivity (Wildman–Crippen MR) is 161 cm³/mol. The number of carbonyl (C=O) groups excluding carboxylic acids is 1. The molecule has 4 aromatic carbocycles. The van der Waals surface area contributed by atoms with E-state index in [-0.39, 0.29) is 18.2 Å². The zero-order chi connectivity index (χ0) is 28.1. The van der Waals surface area contributed by atoms with Gasteiger partial charge in [0.1, 0.15) is 6.61 Å². The number of nitro benzene ring substituents is 1. The molecule has 40 heavy (non-hydrogen) atoms. The number of halogens is 1. The molecule has 0 radical (unpaired) electrons. The van der Waals surface area contributed by atoms with Crippen molar-refractivity contribution in [3.63, 3.8) is 0 Å². The Hall–Kier alpha value is -4.41. The number of hydrogen-bond donors (Lipinski definition) is 0. The molecule has 0 aromatic heterocycles. The highest BCUT2D eigenvalue weighted by molar-refractivity contribution is 9.10. The number of para-hydroxylation sites is 2. The van der Waals surface area contributed by atoms with Crippen LogP contribution in [0.3, 0.4) is 0 Å². The number of hydrogen-bond acceptors (Lipinski definition) is 7. The highest BCUT2D eigenvalue weighted by Crippen LogP contribution is 2.41. The maximum atomic E-state index is 13.6.